The second-order valence-corrected chi connectivity index (χ2v) is 11.2. The van der Waals surface area contributed by atoms with Gasteiger partial charge in [0.25, 0.3) is 0 Å². The maximum absolute atomic E-state index is 13.6. The summed E-state index contributed by atoms with van der Waals surface area (Å²) in [6.07, 6.45) is 0. The fraction of sp³-hybridized carbons (Fsp3) is 0.0769. The molecule has 0 aliphatic heterocycles. The van der Waals surface area contributed by atoms with Gasteiger partial charge in [-0.1, -0.05) is 29.8 Å². The molecule has 0 radical (unpaired) electrons. The van der Waals surface area contributed by atoms with Crippen LogP contribution in [0.4, 0.5) is 57.3 Å². The lowest BCUT2D eigenvalue weighted by molar-refractivity contribution is -0.00652. The SMILES string of the molecule is Cc1ccc(-c2cc(F)c(CF)c(F)c2)cc1.FCc1c(F)cc(-c2ccc(OF)cc2F)cc1F.FOc1ccc(-c2cc(F)c(F)c(F)c2)c(F)c1. The second-order valence-electron chi connectivity index (χ2n) is 11.2. The molecular formula is C39H23F13O2. The van der Waals surface area contributed by atoms with Crippen molar-refractivity contribution in [2.45, 2.75) is 20.3 Å². The molecule has 6 aromatic rings. The summed E-state index contributed by atoms with van der Waals surface area (Å²) in [5.74, 6) is -11.0. The van der Waals surface area contributed by atoms with Gasteiger partial charge in [0.05, 0.1) is 11.1 Å². The van der Waals surface area contributed by atoms with Crippen molar-refractivity contribution in [2.75, 3.05) is 0 Å². The van der Waals surface area contributed by atoms with Crippen LogP contribution in [0.15, 0.2) is 97.1 Å². The molecule has 15 heteroatoms. The summed E-state index contributed by atoms with van der Waals surface area (Å²) in [4.78, 5) is 6.64. The Bertz CT molecular complexity index is 2170. The normalized spacial score (nSPS) is 10.6. The molecule has 6 aromatic carbocycles. The van der Waals surface area contributed by atoms with Gasteiger partial charge in [-0.05, 0) is 89.8 Å². The zero-order valence-corrected chi connectivity index (χ0v) is 27.4. The molecule has 54 heavy (non-hydrogen) atoms. The fourth-order valence-corrected chi connectivity index (χ4v) is 4.80. The van der Waals surface area contributed by atoms with E-state index in [-0.39, 0.29) is 33.8 Å². The Morgan fingerprint density at radius 1 is 0.389 bits per heavy atom. The number of halogens is 13. The van der Waals surface area contributed by atoms with Crippen molar-refractivity contribution in [1.29, 1.82) is 0 Å². The highest BCUT2D eigenvalue weighted by molar-refractivity contribution is 5.67. The van der Waals surface area contributed by atoms with Crippen LogP contribution in [0.1, 0.15) is 16.7 Å². The van der Waals surface area contributed by atoms with Gasteiger partial charge in [-0.3, -0.25) is 9.88 Å². The lowest BCUT2D eigenvalue weighted by Crippen LogP contribution is -1.95. The molecule has 0 fully saturated rings. The van der Waals surface area contributed by atoms with Crippen LogP contribution in [0, 0.1) is 59.3 Å². The standard InChI is InChI=1S/C14H11F3.C13H7F5O.C12H5F5O/c1-9-2-4-10(5-3-9)11-6-13(16)12(8-15)14(17)7-11;14-6-10-11(15)3-7(4-12(10)16)9-2-1-8(19-18)5-13(9)17;13-9-5-7(18-17)1-2-8(9)6-3-10(14)12(16)11(15)4-6/h2-7H,8H2,1H3;1-5H,6H2;1-5H. The number of hydrogen-bond donors (Lipinski definition) is 0. The van der Waals surface area contributed by atoms with Gasteiger partial charge in [0.2, 0.25) is 0 Å². The first-order valence-electron chi connectivity index (χ1n) is 15.2. The lowest BCUT2D eigenvalue weighted by atomic mass is 10.0. The highest BCUT2D eigenvalue weighted by Crippen LogP contribution is 2.31. The van der Waals surface area contributed by atoms with Crippen molar-refractivity contribution < 1.29 is 67.2 Å². The van der Waals surface area contributed by atoms with E-state index in [1.807, 2.05) is 19.1 Å². The van der Waals surface area contributed by atoms with Crippen LogP contribution in [-0.4, -0.2) is 0 Å². The molecule has 2 nitrogen and oxygen atoms in total. The molecule has 0 aromatic heterocycles. The van der Waals surface area contributed by atoms with Crippen LogP contribution >= 0.6 is 0 Å². The van der Waals surface area contributed by atoms with Crippen molar-refractivity contribution in [2.24, 2.45) is 0 Å². The molecule has 0 amide bonds. The molecule has 282 valence electrons. The van der Waals surface area contributed by atoms with Crippen molar-refractivity contribution in [1.82, 2.24) is 0 Å². The smallest absolute Gasteiger partial charge is 0.194 e. The average Bonchev–Trinajstić information content (AvgIpc) is 3.14. The maximum atomic E-state index is 13.6. The van der Waals surface area contributed by atoms with Crippen molar-refractivity contribution >= 4 is 0 Å². The minimum absolute atomic E-state index is 0.116. The predicted molar refractivity (Wildman–Crippen MR) is 173 cm³/mol. The minimum Gasteiger partial charge on any atom is -0.294 e. The molecule has 0 atom stereocenters. The number of rotatable bonds is 7. The Labute approximate surface area is 298 Å². The van der Waals surface area contributed by atoms with Crippen LogP contribution in [0.2, 0.25) is 0 Å². The first-order chi connectivity index (χ1) is 25.7. The second kappa shape index (κ2) is 18.2. The van der Waals surface area contributed by atoms with E-state index in [1.165, 1.54) is 0 Å². The minimum atomic E-state index is -1.64. The molecule has 0 bridgehead atoms. The summed E-state index contributed by atoms with van der Waals surface area (Å²) in [6.45, 7) is -0.502. The van der Waals surface area contributed by atoms with E-state index in [2.05, 4.69) is 9.88 Å². The van der Waals surface area contributed by atoms with Crippen molar-refractivity contribution in [3.63, 3.8) is 0 Å². The Balaban J connectivity index is 0.000000181. The summed E-state index contributed by atoms with van der Waals surface area (Å²) in [7, 11) is 0. The van der Waals surface area contributed by atoms with E-state index in [9.17, 15) is 57.3 Å². The Hall–Kier alpha value is -5.99. The molecule has 0 unspecified atom stereocenters. The summed E-state index contributed by atoms with van der Waals surface area (Å²) in [5.41, 5.74) is 0.293. The van der Waals surface area contributed by atoms with Crippen LogP contribution in [0.25, 0.3) is 33.4 Å². The van der Waals surface area contributed by atoms with E-state index in [4.69, 9.17) is 0 Å². The molecule has 0 spiro atoms. The molecule has 0 saturated heterocycles. The van der Waals surface area contributed by atoms with Gasteiger partial charge in [-0.2, -0.15) is 0 Å². The van der Waals surface area contributed by atoms with Gasteiger partial charge in [0.1, 0.15) is 48.3 Å². The van der Waals surface area contributed by atoms with E-state index in [0.717, 1.165) is 60.2 Å². The largest absolute Gasteiger partial charge is 0.294 e. The number of aryl methyl sites for hydroxylation is 1. The maximum Gasteiger partial charge on any atom is 0.194 e. The lowest BCUT2D eigenvalue weighted by Gasteiger charge is -2.07. The zero-order chi connectivity index (χ0) is 39.7. The Kier molecular flexibility index (Phi) is 13.7. The number of benzene rings is 6. The van der Waals surface area contributed by atoms with Gasteiger partial charge >= 0.3 is 0 Å². The summed E-state index contributed by atoms with van der Waals surface area (Å²) in [6, 6.07) is 18.3. The molecule has 0 saturated carbocycles. The van der Waals surface area contributed by atoms with Crippen LogP contribution < -0.4 is 9.88 Å². The van der Waals surface area contributed by atoms with Gasteiger partial charge < -0.3 is 0 Å². The van der Waals surface area contributed by atoms with Crippen LogP contribution in [-0.2, 0) is 13.3 Å². The van der Waals surface area contributed by atoms with Crippen molar-refractivity contribution in [3.05, 3.63) is 166 Å². The van der Waals surface area contributed by atoms with Crippen molar-refractivity contribution in [3.8, 4) is 44.9 Å². The predicted octanol–water partition coefficient (Wildman–Crippen LogP) is 13.1. The highest BCUT2D eigenvalue weighted by atomic mass is 19.3. The molecule has 0 N–H and O–H groups in total. The van der Waals surface area contributed by atoms with Gasteiger partial charge in [-0.25, -0.2) is 48.3 Å². The third-order valence-corrected chi connectivity index (χ3v) is 7.60. The molecule has 0 aliphatic rings. The van der Waals surface area contributed by atoms with Gasteiger partial charge in [0, 0.05) is 32.3 Å². The van der Waals surface area contributed by atoms with E-state index in [0.29, 0.717) is 29.3 Å². The molecule has 0 aliphatic carbocycles. The van der Waals surface area contributed by atoms with E-state index < -0.39 is 76.8 Å². The summed E-state index contributed by atoms with van der Waals surface area (Å²) in [5, 5.41) is 0. The third kappa shape index (κ3) is 9.70. The highest BCUT2D eigenvalue weighted by Gasteiger charge is 2.16. The molecule has 0 heterocycles. The Morgan fingerprint density at radius 3 is 1.07 bits per heavy atom. The first-order valence-corrected chi connectivity index (χ1v) is 15.2. The number of hydrogen-bond acceptors (Lipinski definition) is 2. The zero-order valence-electron chi connectivity index (χ0n) is 27.4. The molecule has 6 rings (SSSR count). The fourth-order valence-electron chi connectivity index (χ4n) is 4.80. The topological polar surface area (TPSA) is 18.5 Å². The summed E-state index contributed by atoms with van der Waals surface area (Å²) < 4.78 is 168. The van der Waals surface area contributed by atoms with Crippen LogP contribution in [0.3, 0.4) is 0 Å². The summed E-state index contributed by atoms with van der Waals surface area (Å²) >= 11 is 0. The van der Waals surface area contributed by atoms with E-state index in [1.54, 1.807) is 12.1 Å². The quantitative estimate of drug-likeness (QED) is 0.119. The third-order valence-electron chi connectivity index (χ3n) is 7.60. The monoisotopic (exact) mass is 770 g/mol. The molecular weight excluding hydrogens is 747 g/mol. The first kappa shape index (κ1) is 40.8. The number of alkyl halides is 2. The van der Waals surface area contributed by atoms with Gasteiger partial charge in [-0.15, -0.1) is 0 Å². The van der Waals surface area contributed by atoms with E-state index >= 15 is 0 Å². The van der Waals surface area contributed by atoms with Crippen LogP contribution in [0.5, 0.6) is 11.5 Å². The van der Waals surface area contributed by atoms with Gasteiger partial charge in [0.15, 0.2) is 29.0 Å². The Morgan fingerprint density at radius 2 is 0.741 bits per heavy atom. The average molecular weight is 771 g/mol.